The predicted octanol–water partition coefficient (Wildman–Crippen LogP) is 1.57. The molecule has 0 fully saturated rings. The molecule has 0 aliphatic carbocycles. The van der Waals surface area contributed by atoms with Crippen molar-refractivity contribution in [1.82, 2.24) is 4.31 Å². The van der Waals surface area contributed by atoms with Crippen LogP contribution in [-0.2, 0) is 14.8 Å². The molecule has 21 heavy (non-hydrogen) atoms. The lowest BCUT2D eigenvalue weighted by atomic mass is 10.2. The third-order valence-electron chi connectivity index (χ3n) is 2.70. The maximum Gasteiger partial charge on any atom is 0.242 e. The highest BCUT2D eigenvalue weighted by atomic mass is 32.2. The van der Waals surface area contributed by atoms with Gasteiger partial charge in [0.05, 0.1) is 17.2 Å². The summed E-state index contributed by atoms with van der Waals surface area (Å²) in [4.78, 5) is 0.147. The highest BCUT2D eigenvalue weighted by molar-refractivity contribution is 7.89. The van der Waals surface area contributed by atoms with Gasteiger partial charge in [-0.15, -0.1) is 0 Å². The average molecular weight is 316 g/mol. The molecule has 0 aromatic heterocycles. The summed E-state index contributed by atoms with van der Waals surface area (Å²) in [5.41, 5.74) is 6.13. The van der Waals surface area contributed by atoms with Crippen molar-refractivity contribution < 1.29 is 17.9 Å². The molecule has 2 N–H and O–H groups in total. The van der Waals surface area contributed by atoms with Gasteiger partial charge in [0.2, 0.25) is 10.0 Å². The number of rotatable bonds is 8. The first-order valence-corrected chi connectivity index (χ1v) is 8.21. The Morgan fingerprint density at radius 3 is 2.43 bits per heavy atom. The number of ether oxygens (including phenoxy) is 2. The van der Waals surface area contributed by atoms with E-state index in [0.29, 0.717) is 37.2 Å². The molecular weight excluding hydrogens is 292 g/mol. The van der Waals surface area contributed by atoms with E-state index in [2.05, 4.69) is 13.8 Å². The lowest BCUT2D eigenvalue weighted by Crippen LogP contribution is -2.22. The molecule has 0 aliphatic heterocycles. The van der Waals surface area contributed by atoms with Crippen molar-refractivity contribution in [2.24, 2.45) is 5.92 Å². The number of nitrogen functional groups attached to an aromatic ring is 1. The number of nitrogens with zero attached hydrogens (tertiary/aromatic N) is 1. The molecule has 0 bridgehead atoms. The second-order valence-corrected chi connectivity index (χ2v) is 7.46. The van der Waals surface area contributed by atoms with Crippen molar-refractivity contribution in [1.29, 1.82) is 0 Å². The van der Waals surface area contributed by atoms with E-state index in [1.54, 1.807) is 6.07 Å². The molecule has 1 aromatic rings. The molecule has 0 saturated heterocycles. The molecule has 0 spiro atoms. The van der Waals surface area contributed by atoms with Crippen molar-refractivity contribution in [3.05, 3.63) is 18.2 Å². The van der Waals surface area contributed by atoms with Gasteiger partial charge in [0, 0.05) is 20.7 Å². The van der Waals surface area contributed by atoms with E-state index in [1.165, 1.54) is 26.2 Å². The van der Waals surface area contributed by atoms with Crippen LogP contribution in [0.25, 0.3) is 0 Å². The Kier molecular flexibility index (Phi) is 6.44. The summed E-state index contributed by atoms with van der Waals surface area (Å²) in [5.74, 6) is 0.937. The van der Waals surface area contributed by atoms with Crippen LogP contribution in [0.2, 0.25) is 0 Å². The molecule has 1 rings (SSSR count). The fourth-order valence-corrected chi connectivity index (χ4v) is 2.50. The van der Waals surface area contributed by atoms with Crippen LogP contribution in [0.15, 0.2) is 23.1 Å². The third-order valence-corrected chi connectivity index (χ3v) is 4.51. The Morgan fingerprint density at radius 2 is 1.90 bits per heavy atom. The van der Waals surface area contributed by atoms with Gasteiger partial charge in [0.15, 0.2) is 0 Å². The average Bonchev–Trinajstić information content (AvgIpc) is 2.39. The molecule has 1 aromatic carbocycles. The smallest absolute Gasteiger partial charge is 0.242 e. The van der Waals surface area contributed by atoms with Crippen molar-refractivity contribution in [3.63, 3.8) is 0 Å². The van der Waals surface area contributed by atoms with E-state index >= 15 is 0 Å². The van der Waals surface area contributed by atoms with Crippen molar-refractivity contribution in [3.8, 4) is 5.75 Å². The quantitative estimate of drug-likeness (QED) is 0.581. The molecule has 0 atom stereocenters. The zero-order valence-electron chi connectivity index (χ0n) is 13.0. The van der Waals surface area contributed by atoms with Crippen LogP contribution in [0.1, 0.15) is 13.8 Å². The van der Waals surface area contributed by atoms with Crippen molar-refractivity contribution >= 4 is 15.7 Å². The molecule has 0 amide bonds. The molecule has 0 unspecified atom stereocenters. The van der Waals surface area contributed by atoms with Gasteiger partial charge >= 0.3 is 0 Å². The highest BCUT2D eigenvalue weighted by Crippen LogP contribution is 2.25. The van der Waals surface area contributed by atoms with E-state index in [1.807, 2.05) is 0 Å². The van der Waals surface area contributed by atoms with Gasteiger partial charge in [-0.25, -0.2) is 12.7 Å². The van der Waals surface area contributed by atoms with Crippen molar-refractivity contribution in [2.75, 3.05) is 39.6 Å². The predicted molar refractivity (Wildman–Crippen MR) is 82.9 cm³/mol. The number of hydrogen-bond donors (Lipinski definition) is 1. The largest absolute Gasteiger partial charge is 0.489 e. The van der Waals surface area contributed by atoms with Gasteiger partial charge in [-0.3, -0.25) is 0 Å². The van der Waals surface area contributed by atoms with E-state index in [-0.39, 0.29) is 4.90 Å². The summed E-state index contributed by atoms with van der Waals surface area (Å²) in [5, 5.41) is 0. The summed E-state index contributed by atoms with van der Waals surface area (Å²) in [6, 6.07) is 4.45. The van der Waals surface area contributed by atoms with Crippen LogP contribution in [0.5, 0.6) is 5.75 Å². The Morgan fingerprint density at radius 1 is 1.24 bits per heavy atom. The van der Waals surface area contributed by atoms with Crippen LogP contribution < -0.4 is 10.5 Å². The standard InChI is InChI=1S/C14H24N2O4S/c1-11(2)10-19-7-8-20-14-6-5-12(9-13(14)15)21(17,18)16(3)4/h5-6,9,11H,7-8,10,15H2,1-4H3. The Bertz CT molecular complexity index is 556. The summed E-state index contributed by atoms with van der Waals surface area (Å²) in [6.45, 7) is 5.66. The minimum atomic E-state index is -3.48. The van der Waals surface area contributed by atoms with E-state index < -0.39 is 10.0 Å². The molecule has 7 heteroatoms. The maximum atomic E-state index is 12.0. The van der Waals surface area contributed by atoms with Gasteiger partial charge in [0.1, 0.15) is 12.4 Å². The Hall–Kier alpha value is -1.31. The zero-order valence-corrected chi connectivity index (χ0v) is 13.8. The first-order chi connectivity index (χ1) is 9.75. The topological polar surface area (TPSA) is 81.9 Å². The number of sulfonamides is 1. The van der Waals surface area contributed by atoms with E-state index in [9.17, 15) is 8.42 Å². The van der Waals surface area contributed by atoms with Gasteiger partial charge in [-0.2, -0.15) is 0 Å². The molecule has 0 aliphatic rings. The fraction of sp³-hybridized carbons (Fsp3) is 0.571. The molecule has 0 saturated carbocycles. The Balaban J connectivity index is 2.63. The first kappa shape index (κ1) is 17.7. The lowest BCUT2D eigenvalue weighted by Gasteiger charge is -2.14. The fourth-order valence-electron chi connectivity index (χ4n) is 1.56. The second-order valence-electron chi connectivity index (χ2n) is 5.30. The summed E-state index contributed by atoms with van der Waals surface area (Å²) in [6.07, 6.45) is 0. The van der Waals surface area contributed by atoms with Crippen molar-refractivity contribution in [2.45, 2.75) is 18.7 Å². The molecule has 0 radical (unpaired) electrons. The molecular formula is C14H24N2O4S. The number of nitrogens with two attached hydrogens (primary N) is 1. The second kappa shape index (κ2) is 7.63. The monoisotopic (exact) mass is 316 g/mol. The van der Waals surface area contributed by atoms with Gasteiger partial charge in [0.25, 0.3) is 0 Å². The summed E-state index contributed by atoms with van der Waals surface area (Å²) in [7, 11) is -0.533. The van der Waals surface area contributed by atoms with Crippen LogP contribution >= 0.6 is 0 Å². The summed E-state index contributed by atoms with van der Waals surface area (Å²) >= 11 is 0. The lowest BCUT2D eigenvalue weighted by molar-refractivity contribution is 0.0821. The van der Waals surface area contributed by atoms with E-state index in [0.717, 1.165) is 4.31 Å². The number of anilines is 1. The first-order valence-electron chi connectivity index (χ1n) is 6.77. The van der Waals surface area contributed by atoms with Crippen LogP contribution in [-0.4, -0.2) is 46.6 Å². The van der Waals surface area contributed by atoms with Crippen LogP contribution in [0.4, 0.5) is 5.69 Å². The molecule has 6 nitrogen and oxygen atoms in total. The van der Waals surface area contributed by atoms with Gasteiger partial charge < -0.3 is 15.2 Å². The normalized spacial score (nSPS) is 12.1. The molecule has 0 heterocycles. The number of benzene rings is 1. The van der Waals surface area contributed by atoms with Gasteiger partial charge in [-0.1, -0.05) is 13.8 Å². The van der Waals surface area contributed by atoms with Crippen LogP contribution in [0, 0.1) is 5.92 Å². The number of hydrogen-bond acceptors (Lipinski definition) is 5. The highest BCUT2D eigenvalue weighted by Gasteiger charge is 2.18. The molecule has 120 valence electrons. The van der Waals surface area contributed by atoms with Gasteiger partial charge in [-0.05, 0) is 24.1 Å². The van der Waals surface area contributed by atoms with Crippen LogP contribution in [0.3, 0.4) is 0 Å². The minimum absolute atomic E-state index is 0.147. The van der Waals surface area contributed by atoms with E-state index in [4.69, 9.17) is 15.2 Å². The third kappa shape index (κ3) is 5.18. The SMILES string of the molecule is CC(C)COCCOc1ccc(S(=O)(=O)N(C)C)cc1N. The summed E-state index contributed by atoms with van der Waals surface area (Å²) < 4.78 is 36.0. The zero-order chi connectivity index (χ0) is 16.0. The minimum Gasteiger partial charge on any atom is -0.489 e. The maximum absolute atomic E-state index is 12.0. The Labute approximate surface area is 126 Å².